The Morgan fingerprint density at radius 3 is 3.05 bits per heavy atom. The molecule has 1 aliphatic carbocycles. The predicted octanol–water partition coefficient (Wildman–Crippen LogP) is 2.83. The molecule has 0 atom stereocenters. The first-order valence-electron chi connectivity index (χ1n) is 7.55. The van der Waals surface area contributed by atoms with Crippen molar-refractivity contribution in [3.63, 3.8) is 0 Å². The van der Waals surface area contributed by atoms with Crippen molar-refractivity contribution in [3.05, 3.63) is 20.8 Å². The Bertz CT molecular complexity index is 706. The van der Waals surface area contributed by atoms with E-state index in [0.717, 1.165) is 53.2 Å². The summed E-state index contributed by atoms with van der Waals surface area (Å²) in [6.07, 6.45) is 4.93. The zero-order valence-corrected chi connectivity index (χ0v) is 13.9. The van der Waals surface area contributed by atoms with Crippen molar-refractivity contribution in [2.45, 2.75) is 50.7 Å². The minimum Gasteiger partial charge on any atom is -0.396 e. The van der Waals surface area contributed by atoms with Crippen LogP contribution in [0, 0.1) is 0 Å². The molecule has 2 heterocycles. The quantitative estimate of drug-likeness (QED) is 0.504. The van der Waals surface area contributed by atoms with E-state index < -0.39 is 0 Å². The van der Waals surface area contributed by atoms with Gasteiger partial charge in [0.1, 0.15) is 4.83 Å². The maximum Gasteiger partial charge on any atom is 0.263 e. The first-order chi connectivity index (χ1) is 10.3. The van der Waals surface area contributed by atoms with Crippen LogP contribution < -0.4 is 5.56 Å². The van der Waals surface area contributed by atoms with Crippen molar-refractivity contribution in [3.8, 4) is 0 Å². The molecule has 0 saturated carbocycles. The summed E-state index contributed by atoms with van der Waals surface area (Å²) in [6, 6.07) is 0. The van der Waals surface area contributed by atoms with Crippen LogP contribution in [0.1, 0.15) is 36.6 Å². The molecule has 0 aromatic carbocycles. The number of hydrogen-bond acceptors (Lipinski definition) is 5. The van der Waals surface area contributed by atoms with Gasteiger partial charge in [0.05, 0.1) is 5.39 Å². The maximum atomic E-state index is 12.9. The monoisotopic (exact) mass is 324 g/mol. The Balaban J connectivity index is 2.09. The van der Waals surface area contributed by atoms with Crippen molar-refractivity contribution in [1.29, 1.82) is 0 Å². The number of thiophene rings is 1. The SMILES string of the molecule is CCCn1c(SCCCO)nc2sc3c(c2c1=O)CCC3. The molecule has 6 heteroatoms. The van der Waals surface area contributed by atoms with E-state index in [1.54, 1.807) is 23.1 Å². The predicted molar refractivity (Wildman–Crippen MR) is 88.6 cm³/mol. The molecule has 0 saturated heterocycles. The molecule has 0 unspecified atom stereocenters. The molecule has 4 nitrogen and oxygen atoms in total. The Morgan fingerprint density at radius 1 is 1.43 bits per heavy atom. The van der Waals surface area contributed by atoms with Crippen molar-refractivity contribution in [2.75, 3.05) is 12.4 Å². The molecule has 0 bridgehead atoms. The number of aliphatic hydroxyl groups is 1. The molecule has 0 amide bonds. The average molecular weight is 324 g/mol. The van der Waals surface area contributed by atoms with Gasteiger partial charge in [-0.2, -0.15) is 0 Å². The zero-order valence-electron chi connectivity index (χ0n) is 12.2. The second-order valence-electron chi connectivity index (χ2n) is 5.31. The molecule has 0 fully saturated rings. The van der Waals surface area contributed by atoms with E-state index >= 15 is 0 Å². The molecule has 114 valence electrons. The minimum absolute atomic E-state index is 0.132. The largest absolute Gasteiger partial charge is 0.396 e. The standard InChI is InChI=1S/C15H20N2O2S2/c1-2-7-17-14(19)12-10-5-3-6-11(10)21-13(12)16-15(17)20-9-4-8-18/h18H,2-9H2,1H3. The first-order valence-corrected chi connectivity index (χ1v) is 9.35. The number of aliphatic hydroxyl groups excluding tert-OH is 1. The van der Waals surface area contributed by atoms with Crippen molar-refractivity contribution in [2.24, 2.45) is 0 Å². The van der Waals surface area contributed by atoms with Crippen LogP contribution in [-0.2, 0) is 19.4 Å². The van der Waals surface area contributed by atoms with Gasteiger partial charge in [0.15, 0.2) is 5.16 Å². The van der Waals surface area contributed by atoms with Crippen LogP contribution >= 0.6 is 23.1 Å². The second-order valence-corrected chi connectivity index (χ2v) is 7.46. The normalized spacial score (nSPS) is 14.0. The van der Waals surface area contributed by atoms with Gasteiger partial charge in [-0.05, 0) is 37.7 Å². The van der Waals surface area contributed by atoms with Crippen LogP contribution in [0.3, 0.4) is 0 Å². The number of nitrogens with zero attached hydrogens (tertiary/aromatic N) is 2. The lowest BCUT2D eigenvalue weighted by molar-refractivity contribution is 0.296. The molecule has 3 rings (SSSR count). The fourth-order valence-corrected chi connectivity index (χ4v) is 5.07. The molecular weight excluding hydrogens is 304 g/mol. The third-order valence-corrected chi connectivity index (χ3v) is 6.02. The van der Waals surface area contributed by atoms with Gasteiger partial charge in [-0.15, -0.1) is 11.3 Å². The van der Waals surface area contributed by atoms with Gasteiger partial charge in [-0.25, -0.2) is 4.98 Å². The topological polar surface area (TPSA) is 55.1 Å². The summed E-state index contributed by atoms with van der Waals surface area (Å²) in [6.45, 7) is 2.98. The molecule has 0 spiro atoms. The first kappa shape index (κ1) is 15.1. The van der Waals surface area contributed by atoms with Crippen molar-refractivity contribution >= 4 is 33.3 Å². The third-order valence-electron chi connectivity index (χ3n) is 3.77. The van der Waals surface area contributed by atoms with Crippen LogP contribution in [-0.4, -0.2) is 27.0 Å². The van der Waals surface area contributed by atoms with E-state index in [2.05, 4.69) is 6.92 Å². The van der Waals surface area contributed by atoms with Gasteiger partial charge in [0, 0.05) is 23.8 Å². The average Bonchev–Trinajstić information content (AvgIpc) is 3.03. The van der Waals surface area contributed by atoms with E-state index in [4.69, 9.17) is 10.1 Å². The number of aryl methyl sites for hydroxylation is 2. The van der Waals surface area contributed by atoms with Crippen LogP contribution in [0.15, 0.2) is 9.95 Å². The van der Waals surface area contributed by atoms with E-state index in [1.807, 2.05) is 4.57 Å². The van der Waals surface area contributed by atoms with E-state index in [0.29, 0.717) is 6.54 Å². The molecule has 2 aromatic heterocycles. The summed E-state index contributed by atoms with van der Waals surface area (Å²) in [5, 5.41) is 10.6. The van der Waals surface area contributed by atoms with Gasteiger partial charge in [-0.3, -0.25) is 9.36 Å². The fraction of sp³-hybridized carbons (Fsp3) is 0.600. The lowest BCUT2D eigenvalue weighted by Gasteiger charge is -2.11. The molecule has 1 N–H and O–H groups in total. The highest BCUT2D eigenvalue weighted by molar-refractivity contribution is 7.99. The Morgan fingerprint density at radius 2 is 2.29 bits per heavy atom. The highest BCUT2D eigenvalue weighted by Crippen LogP contribution is 2.35. The highest BCUT2D eigenvalue weighted by Gasteiger charge is 2.22. The third kappa shape index (κ3) is 2.76. The van der Waals surface area contributed by atoms with E-state index in [9.17, 15) is 4.79 Å². The summed E-state index contributed by atoms with van der Waals surface area (Å²) in [5.74, 6) is 0.795. The van der Waals surface area contributed by atoms with Crippen molar-refractivity contribution in [1.82, 2.24) is 9.55 Å². The number of hydrogen-bond donors (Lipinski definition) is 1. The maximum absolute atomic E-state index is 12.9. The van der Waals surface area contributed by atoms with Crippen LogP contribution in [0.4, 0.5) is 0 Å². The van der Waals surface area contributed by atoms with Gasteiger partial charge >= 0.3 is 0 Å². The lowest BCUT2D eigenvalue weighted by Crippen LogP contribution is -2.23. The lowest BCUT2D eigenvalue weighted by atomic mass is 10.2. The summed E-state index contributed by atoms with van der Waals surface area (Å²) < 4.78 is 1.83. The number of fused-ring (bicyclic) bond motifs is 3. The summed E-state index contributed by atoms with van der Waals surface area (Å²) >= 11 is 3.27. The van der Waals surface area contributed by atoms with Gasteiger partial charge in [0.25, 0.3) is 5.56 Å². The summed E-state index contributed by atoms with van der Waals surface area (Å²) in [7, 11) is 0. The molecule has 1 aliphatic rings. The Kier molecular flexibility index (Phi) is 4.66. The Hall–Kier alpha value is -0.850. The summed E-state index contributed by atoms with van der Waals surface area (Å²) in [5.41, 5.74) is 1.39. The molecular formula is C15H20N2O2S2. The molecule has 21 heavy (non-hydrogen) atoms. The highest BCUT2D eigenvalue weighted by atomic mass is 32.2. The van der Waals surface area contributed by atoms with Crippen LogP contribution in [0.5, 0.6) is 0 Å². The van der Waals surface area contributed by atoms with Gasteiger partial charge < -0.3 is 5.11 Å². The molecule has 2 aromatic rings. The van der Waals surface area contributed by atoms with E-state index in [-0.39, 0.29) is 12.2 Å². The number of aromatic nitrogens is 2. The molecule has 0 radical (unpaired) electrons. The Labute approximate surface area is 132 Å². The smallest absolute Gasteiger partial charge is 0.263 e. The number of rotatable bonds is 6. The van der Waals surface area contributed by atoms with E-state index in [1.165, 1.54) is 10.4 Å². The zero-order chi connectivity index (χ0) is 14.8. The number of thioether (sulfide) groups is 1. The minimum atomic E-state index is 0.132. The second kappa shape index (κ2) is 6.50. The summed E-state index contributed by atoms with van der Waals surface area (Å²) in [4.78, 5) is 19.9. The van der Waals surface area contributed by atoms with Crippen molar-refractivity contribution < 1.29 is 5.11 Å². The molecule has 0 aliphatic heterocycles. The van der Waals surface area contributed by atoms with Gasteiger partial charge in [-0.1, -0.05) is 18.7 Å². The van der Waals surface area contributed by atoms with Crippen LogP contribution in [0.25, 0.3) is 10.2 Å². The van der Waals surface area contributed by atoms with Crippen LogP contribution in [0.2, 0.25) is 0 Å². The fourth-order valence-electron chi connectivity index (χ4n) is 2.82. The van der Waals surface area contributed by atoms with Gasteiger partial charge in [0.2, 0.25) is 0 Å².